The number of hydrogen-bond donors (Lipinski definition) is 1. The lowest BCUT2D eigenvalue weighted by Gasteiger charge is -2.24. The molecule has 0 heterocycles. The maximum absolute atomic E-state index is 3.70. The van der Waals surface area contributed by atoms with Crippen molar-refractivity contribution >= 4 is 0 Å². The zero-order valence-corrected chi connectivity index (χ0v) is 14.0. The van der Waals surface area contributed by atoms with Gasteiger partial charge in [0.25, 0.3) is 0 Å². The molecule has 0 amide bonds. The van der Waals surface area contributed by atoms with Crippen molar-refractivity contribution in [3.8, 4) is 0 Å². The molecule has 1 nitrogen and oxygen atoms in total. The fourth-order valence-corrected chi connectivity index (χ4v) is 3.22. The fraction of sp³-hybridized carbons (Fsp3) is 0.600. The largest absolute Gasteiger partial charge is 0.307 e. The van der Waals surface area contributed by atoms with Gasteiger partial charge >= 0.3 is 0 Å². The molecule has 0 aliphatic heterocycles. The molecular formula is C20H31N. The van der Waals surface area contributed by atoms with Crippen molar-refractivity contribution in [2.75, 3.05) is 6.54 Å². The third-order valence-corrected chi connectivity index (χ3v) is 4.54. The van der Waals surface area contributed by atoms with Crippen LogP contribution in [0.25, 0.3) is 0 Å². The van der Waals surface area contributed by atoms with Crippen molar-refractivity contribution in [3.05, 3.63) is 47.0 Å². The molecule has 1 atom stereocenters. The second-order valence-electron chi connectivity index (χ2n) is 6.54. The second kappa shape index (κ2) is 8.38. The number of hydrogen-bond acceptors (Lipinski definition) is 1. The molecule has 1 aliphatic carbocycles. The first-order valence-corrected chi connectivity index (χ1v) is 8.74. The van der Waals surface area contributed by atoms with E-state index in [4.69, 9.17) is 0 Å². The first kappa shape index (κ1) is 16.3. The Balaban J connectivity index is 2.20. The summed E-state index contributed by atoms with van der Waals surface area (Å²) in [5.74, 6) is 0.609. The topological polar surface area (TPSA) is 12.0 Å². The van der Waals surface area contributed by atoms with E-state index in [1.54, 1.807) is 5.57 Å². The van der Waals surface area contributed by atoms with Gasteiger partial charge in [0.2, 0.25) is 0 Å². The van der Waals surface area contributed by atoms with Crippen LogP contribution < -0.4 is 5.32 Å². The Bertz CT molecular complexity index is 441. The Morgan fingerprint density at radius 2 is 1.62 bits per heavy atom. The summed E-state index contributed by atoms with van der Waals surface area (Å²) in [6, 6.07) is 9.65. The minimum Gasteiger partial charge on any atom is -0.307 e. The number of benzene rings is 1. The summed E-state index contributed by atoms with van der Waals surface area (Å²) in [5.41, 5.74) is 4.46. The molecule has 0 saturated heterocycles. The van der Waals surface area contributed by atoms with Crippen LogP contribution in [0.3, 0.4) is 0 Å². The van der Waals surface area contributed by atoms with Gasteiger partial charge in [-0.05, 0) is 49.3 Å². The van der Waals surface area contributed by atoms with Crippen molar-refractivity contribution < 1.29 is 0 Å². The van der Waals surface area contributed by atoms with E-state index in [1.807, 2.05) is 0 Å². The van der Waals surface area contributed by atoms with Crippen molar-refractivity contribution in [2.24, 2.45) is 0 Å². The minimum absolute atomic E-state index is 0.411. The highest BCUT2D eigenvalue weighted by atomic mass is 14.9. The van der Waals surface area contributed by atoms with E-state index in [1.165, 1.54) is 49.7 Å². The molecule has 1 aromatic rings. The van der Waals surface area contributed by atoms with E-state index < -0.39 is 0 Å². The molecule has 0 aromatic heterocycles. The lowest BCUT2D eigenvalue weighted by atomic mass is 9.90. The molecule has 0 saturated carbocycles. The molecule has 1 aliphatic rings. The molecule has 1 N–H and O–H groups in total. The van der Waals surface area contributed by atoms with E-state index in [-0.39, 0.29) is 0 Å². The highest BCUT2D eigenvalue weighted by Gasteiger charge is 2.16. The number of likely N-dealkylation sites (N-methyl/N-ethyl adjacent to an activating group) is 1. The maximum atomic E-state index is 3.70. The molecule has 116 valence electrons. The summed E-state index contributed by atoms with van der Waals surface area (Å²) in [4.78, 5) is 0. The smallest absolute Gasteiger partial charge is 0.0535 e. The van der Waals surface area contributed by atoms with Gasteiger partial charge in [-0.15, -0.1) is 0 Å². The van der Waals surface area contributed by atoms with Crippen molar-refractivity contribution in [3.63, 3.8) is 0 Å². The van der Waals surface area contributed by atoms with Crippen LogP contribution in [-0.4, -0.2) is 6.54 Å². The highest BCUT2D eigenvalue weighted by Crippen LogP contribution is 2.29. The predicted octanol–water partition coefficient (Wildman–Crippen LogP) is 5.74. The van der Waals surface area contributed by atoms with Crippen LogP contribution in [-0.2, 0) is 0 Å². The van der Waals surface area contributed by atoms with Crippen LogP contribution in [0.4, 0.5) is 0 Å². The van der Waals surface area contributed by atoms with Gasteiger partial charge in [0.15, 0.2) is 0 Å². The average molecular weight is 285 g/mol. The van der Waals surface area contributed by atoms with Gasteiger partial charge in [0.05, 0.1) is 6.04 Å². The van der Waals surface area contributed by atoms with Gasteiger partial charge in [0, 0.05) is 0 Å². The van der Waals surface area contributed by atoms with Crippen LogP contribution in [0.5, 0.6) is 0 Å². The summed E-state index contributed by atoms with van der Waals surface area (Å²) in [7, 11) is 0. The molecular weight excluding hydrogens is 254 g/mol. The van der Waals surface area contributed by atoms with E-state index in [9.17, 15) is 0 Å². The van der Waals surface area contributed by atoms with Crippen molar-refractivity contribution in [1.29, 1.82) is 0 Å². The van der Waals surface area contributed by atoms with Crippen LogP contribution in [0, 0.1) is 0 Å². The van der Waals surface area contributed by atoms with Crippen LogP contribution >= 0.6 is 0 Å². The molecule has 0 spiro atoms. The Labute approximate surface area is 130 Å². The van der Waals surface area contributed by atoms with Crippen LogP contribution in [0.1, 0.15) is 82.4 Å². The van der Waals surface area contributed by atoms with Crippen molar-refractivity contribution in [1.82, 2.24) is 5.32 Å². The zero-order valence-electron chi connectivity index (χ0n) is 14.0. The first-order chi connectivity index (χ1) is 10.2. The Morgan fingerprint density at radius 3 is 2.29 bits per heavy atom. The SMILES string of the molecule is CCNC(/C1=C/CCCCCC1)c1ccc(C(C)C)cc1. The van der Waals surface area contributed by atoms with Crippen LogP contribution in [0.2, 0.25) is 0 Å². The van der Waals surface area contributed by atoms with E-state index in [2.05, 4.69) is 56.4 Å². The quantitative estimate of drug-likeness (QED) is 0.680. The Kier molecular flexibility index (Phi) is 6.50. The van der Waals surface area contributed by atoms with Gasteiger partial charge in [0.1, 0.15) is 0 Å². The highest BCUT2D eigenvalue weighted by molar-refractivity contribution is 5.32. The first-order valence-electron chi connectivity index (χ1n) is 8.74. The van der Waals surface area contributed by atoms with Gasteiger partial charge in [-0.1, -0.05) is 69.5 Å². The fourth-order valence-electron chi connectivity index (χ4n) is 3.22. The molecule has 1 aromatic carbocycles. The summed E-state index contributed by atoms with van der Waals surface area (Å²) >= 11 is 0. The monoisotopic (exact) mass is 285 g/mol. The third kappa shape index (κ3) is 4.71. The van der Waals surface area contributed by atoms with Gasteiger partial charge in [-0.25, -0.2) is 0 Å². The summed E-state index contributed by atoms with van der Waals surface area (Å²) < 4.78 is 0. The Hall–Kier alpha value is -1.08. The summed E-state index contributed by atoms with van der Waals surface area (Å²) in [6.45, 7) is 7.75. The number of rotatable bonds is 5. The molecule has 1 unspecified atom stereocenters. The lowest BCUT2D eigenvalue weighted by molar-refractivity contribution is 0.554. The predicted molar refractivity (Wildman–Crippen MR) is 92.7 cm³/mol. The van der Waals surface area contributed by atoms with Crippen molar-refractivity contribution in [2.45, 2.75) is 71.3 Å². The minimum atomic E-state index is 0.411. The normalized spacial score (nSPS) is 20.5. The molecule has 0 radical (unpaired) electrons. The van der Waals surface area contributed by atoms with Gasteiger partial charge in [-0.3, -0.25) is 0 Å². The van der Waals surface area contributed by atoms with Gasteiger partial charge in [-0.2, -0.15) is 0 Å². The second-order valence-corrected chi connectivity index (χ2v) is 6.54. The van der Waals surface area contributed by atoms with Gasteiger partial charge < -0.3 is 5.32 Å². The van der Waals surface area contributed by atoms with E-state index in [0.29, 0.717) is 12.0 Å². The van der Waals surface area contributed by atoms with Crippen LogP contribution in [0.15, 0.2) is 35.9 Å². The standard InChI is InChI=1S/C20H31N/c1-4-21-20(18-10-8-6-5-7-9-11-18)19-14-12-17(13-15-19)16(2)3/h10,12-16,20-21H,4-9,11H2,1-3H3/b18-10+. The van der Waals surface area contributed by atoms with E-state index >= 15 is 0 Å². The molecule has 0 bridgehead atoms. The maximum Gasteiger partial charge on any atom is 0.0535 e. The zero-order chi connectivity index (χ0) is 15.1. The number of nitrogens with one attached hydrogen (secondary N) is 1. The number of allylic oxidation sites excluding steroid dienone is 1. The third-order valence-electron chi connectivity index (χ3n) is 4.54. The average Bonchev–Trinajstić information content (AvgIpc) is 2.45. The summed E-state index contributed by atoms with van der Waals surface area (Å²) in [5, 5.41) is 3.70. The molecule has 2 rings (SSSR count). The lowest BCUT2D eigenvalue weighted by Crippen LogP contribution is -2.23. The molecule has 1 heteroatoms. The molecule has 0 fully saturated rings. The molecule has 21 heavy (non-hydrogen) atoms. The summed E-state index contributed by atoms with van der Waals surface area (Å²) in [6.07, 6.45) is 10.5. The Morgan fingerprint density at radius 1 is 0.952 bits per heavy atom. The van der Waals surface area contributed by atoms with E-state index in [0.717, 1.165) is 6.54 Å².